The van der Waals surface area contributed by atoms with Gasteiger partial charge >= 0.3 is 0 Å². The van der Waals surface area contributed by atoms with Crippen molar-refractivity contribution >= 4 is 54.5 Å². The summed E-state index contributed by atoms with van der Waals surface area (Å²) in [6.45, 7) is 0. The minimum Gasteiger partial charge on any atom is -0.314 e. The normalized spacial score (nSPS) is 11.7. The molecule has 0 amide bonds. The van der Waals surface area contributed by atoms with Gasteiger partial charge in [0, 0.05) is 55.8 Å². The summed E-state index contributed by atoms with van der Waals surface area (Å²) in [6, 6.07) is 79.3. The molecule has 3 heteroatoms. The van der Waals surface area contributed by atoms with Gasteiger partial charge in [0.2, 0.25) is 0 Å². The number of hydrogen-bond donors (Lipinski definition) is 0. The predicted molar refractivity (Wildman–Crippen MR) is 248 cm³/mol. The summed E-state index contributed by atoms with van der Waals surface area (Å²) in [6.07, 6.45) is 2.31. The van der Waals surface area contributed by atoms with Crippen LogP contribution >= 0.6 is 0 Å². The van der Waals surface area contributed by atoms with Crippen LogP contribution in [0.15, 0.2) is 225 Å². The van der Waals surface area contributed by atoms with Gasteiger partial charge in [-0.15, -0.1) is 0 Å². The van der Waals surface area contributed by atoms with Gasteiger partial charge < -0.3 is 13.7 Å². The van der Waals surface area contributed by atoms with E-state index >= 15 is 0 Å². The summed E-state index contributed by atoms with van der Waals surface area (Å²) in [5.41, 5.74) is 16.6. The van der Waals surface area contributed by atoms with Gasteiger partial charge in [-0.1, -0.05) is 158 Å². The number of aromatic nitrogens is 3. The van der Waals surface area contributed by atoms with Gasteiger partial charge in [-0.2, -0.15) is 0 Å². The molecule has 0 bridgehead atoms. The highest BCUT2D eigenvalue weighted by molar-refractivity contribution is 6.20. The van der Waals surface area contributed by atoms with E-state index in [0.717, 1.165) is 17.1 Å². The molecule has 3 nitrogen and oxygen atoms in total. The highest BCUT2D eigenvalue weighted by Crippen LogP contribution is 2.43. The second-order valence-corrected chi connectivity index (χ2v) is 15.4. The fraction of sp³-hybridized carbons (Fsp3) is 0. The molecule has 276 valence electrons. The van der Waals surface area contributed by atoms with Crippen LogP contribution in [0.5, 0.6) is 0 Å². The molecule has 0 aliphatic rings. The number of para-hydroxylation sites is 2. The summed E-state index contributed by atoms with van der Waals surface area (Å²) in [5, 5.41) is 6.17. The second-order valence-electron chi connectivity index (χ2n) is 15.4. The van der Waals surface area contributed by atoms with Crippen molar-refractivity contribution in [3.8, 4) is 50.4 Å². The molecule has 12 rings (SSSR count). The van der Waals surface area contributed by atoms with E-state index in [2.05, 4.69) is 238 Å². The highest BCUT2D eigenvalue weighted by Gasteiger charge is 2.21. The lowest BCUT2D eigenvalue weighted by molar-refractivity contribution is 1.11. The van der Waals surface area contributed by atoms with Crippen LogP contribution in [0.2, 0.25) is 0 Å². The molecule has 3 aromatic heterocycles. The fourth-order valence-corrected chi connectivity index (χ4v) is 9.34. The van der Waals surface area contributed by atoms with Crippen molar-refractivity contribution in [1.29, 1.82) is 0 Å². The van der Waals surface area contributed by atoms with Crippen molar-refractivity contribution in [2.45, 2.75) is 0 Å². The Hall–Kier alpha value is -7.88. The maximum Gasteiger partial charge on any atom is 0.0788 e. The average molecular weight is 752 g/mol. The minimum atomic E-state index is 1.12. The van der Waals surface area contributed by atoms with E-state index in [1.165, 1.54) is 87.9 Å². The van der Waals surface area contributed by atoms with Crippen LogP contribution in [0, 0.1) is 0 Å². The van der Waals surface area contributed by atoms with E-state index in [4.69, 9.17) is 0 Å². The molecular weight excluding hydrogens is 715 g/mol. The third-order valence-electron chi connectivity index (χ3n) is 12.1. The van der Waals surface area contributed by atoms with Gasteiger partial charge in [0.15, 0.2) is 0 Å². The molecule has 0 atom stereocenters. The Bertz CT molecular complexity index is 3500. The van der Waals surface area contributed by atoms with Gasteiger partial charge in [-0.05, 0) is 88.5 Å². The number of fused-ring (bicyclic) bond motifs is 8. The van der Waals surface area contributed by atoms with E-state index in [0.29, 0.717) is 0 Å². The molecular formula is C56H37N3. The van der Waals surface area contributed by atoms with Crippen LogP contribution in [-0.2, 0) is 0 Å². The lowest BCUT2D eigenvalue weighted by atomic mass is 10.0. The topological polar surface area (TPSA) is 14.8 Å². The third kappa shape index (κ3) is 5.29. The summed E-state index contributed by atoms with van der Waals surface area (Å²) in [7, 11) is 0. The molecule has 0 N–H and O–H groups in total. The molecule has 0 saturated carbocycles. The first-order valence-corrected chi connectivity index (χ1v) is 20.3. The number of nitrogens with zero attached hydrogens (tertiary/aromatic N) is 3. The Morgan fingerprint density at radius 2 is 0.763 bits per heavy atom. The first-order chi connectivity index (χ1) is 29.3. The largest absolute Gasteiger partial charge is 0.314 e. The number of benzene rings is 9. The Morgan fingerprint density at radius 1 is 0.254 bits per heavy atom. The van der Waals surface area contributed by atoms with Crippen LogP contribution in [0.3, 0.4) is 0 Å². The molecule has 9 aromatic carbocycles. The van der Waals surface area contributed by atoms with Gasteiger partial charge in [-0.3, -0.25) is 0 Å². The lowest BCUT2D eigenvalue weighted by Crippen LogP contribution is -1.99. The maximum absolute atomic E-state index is 2.47. The molecule has 12 aromatic rings. The van der Waals surface area contributed by atoms with Crippen molar-refractivity contribution in [3.63, 3.8) is 0 Å². The van der Waals surface area contributed by atoms with E-state index in [1.807, 2.05) is 0 Å². The van der Waals surface area contributed by atoms with Crippen LogP contribution in [0.4, 0.5) is 0 Å². The van der Waals surface area contributed by atoms with Crippen molar-refractivity contribution < 1.29 is 0 Å². The first-order valence-electron chi connectivity index (χ1n) is 20.3. The lowest BCUT2D eigenvalue weighted by Gasteiger charge is -2.14. The summed E-state index contributed by atoms with van der Waals surface area (Å²) in [4.78, 5) is 0. The van der Waals surface area contributed by atoms with Crippen LogP contribution in [0.1, 0.15) is 0 Å². The Morgan fingerprint density at radius 3 is 1.46 bits per heavy atom. The zero-order valence-corrected chi connectivity index (χ0v) is 32.2. The monoisotopic (exact) mass is 751 g/mol. The van der Waals surface area contributed by atoms with Gasteiger partial charge in [0.25, 0.3) is 0 Å². The van der Waals surface area contributed by atoms with Crippen LogP contribution in [-0.4, -0.2) is 13.7 Å². The summed E-state index contributed by atoms with van der Waals surface area (Å²) in [5.74, 6) is 0. The molecule has 0 aliphatic carbocycles. The fourth-order valence-electron chi connectivity index (χ4n) is 9.34. The SMILES string of the molecule is c1ccc(-c2ccc3c(c2)c2ccc(-c4ccccc4)cc2n3-c2ccc(-n3c4ccccc4c4ccc5c(-c6ccccc6)cn(-c6ccccc6)c5c43)cc2)cc1. The van der Waals surface area contributed by atoms with Crippen LogP contribution in [0.25, 0.3) is 105 Å². The third-order valence-corrected chi connectivity index (χ3v) is 12.1. The van der Waals surface area contributed by atoms with Crippen molar-refractivity contribution in [2.24, 2.45) is 0 Å². The van der Waals surface area contributed by atoms with E-state index in [1.54, 1.807) is 0 Å². The van der Waals surface area contributed by atoms with Crippen molar-refractivity contribution in [2.75, 3.05) is 0 Å². The molecule has 0 saturated heterocycles. The van der Waals surface area contributed by atoms with E-state index in [-0.39, 0.29) is 0 Å². The Kier molecular flexibility index (Phi) is 7.54. The zero-order chi connectivity index (χ0) is 38.9. The van der Waals surface area contributed by atoms with E-state index in [9.17, 15) is 0 Å². The predicted octanol–water partition coefficient (Wildman–Crippen LogP) is 14.8. The first kappa shape index (κ1) is 33.3. The van der Waals surface area contributed by atoms with Crippen LogP contribution < -0.4 is 0 Å². The van der Waals surface area contributed by atoms with Crippen molar-refractivity contribution in [3.05, 3.63) is 225 Å². The van der Waals surface area contributed by atoms with E-state index < -0.39 is 0 Å². The zero-order valence-electron chi connectivity index (χ0n) is 32.2. The quantitative estimate of drug-likeness (QED) is 0.161. The molecule has 3 heterocycles. The van der Waals surface area contributed by atoms with Gasteiger partial charge in [-0.25, -0.2) is 0 Å². The smallest absolute Gasteiger partial charge is 0.0788 e. The minimum absolute atomic E-state index is 1.12. The number of rotatable bonds is 6. The Labute approximate surface area is 341 Å². The van der Waals surface area contributed by atoms with Gasteiger partial charge in [0.05, 0.1) is 27.6 Å². The highest BCUT2D eigenvalue weighted by atomic mass is 15.0. The molecule has 0 unspecified atom stereocenters. The number of hydrogen-bond acceptors (Lipinski definition) is 0. The summed E-state index contributed by atoms with van der Waals surface area (Å²) >= 11 is 0. The second kappa shape index (κ2) is 13.4. The average Bonchev–Trinajstić information content (AvgIpc) is 3.98. The molecule has 59 heavy (non-hydrogen) atoms. The maximum atomic E-state index is 2.47. The standard InChI is InChI=1S/C56H37N3/c1-5-15-38(16-6-1)41-26-34-53-50(35-41)47-31-25-42(39-17-7-2-8-18-39)36-54(47)58(53)44-27-29-45(30-28-44)59-52-24-14-13-23-46(52)48-32-33-49-51(40-19-9-3-10-20-40)37-57(55(49)56(48)59)43-21-11-4-12-22-43/h1-37H. The molecule has 0 radical (unpaired) electrons. The summed E-state index contributed by atoms with van der Waals surface area (Å²) < 4.78 is 7.29. The molecule has 0 fully saturated rings. The molecule has 0 spiro atoms. The van der Waals surface area contributed by atoms with Gasteiger partial charge in [0.1, 0.15) is 0 Å². The van der Waals surface area contributed by atoms with Crippen molar-refractivity contribution in [1.82, 2.24) is 13.7 Å². The Balaban J connectivity index is 1.09. The molecule has 0 aliphatic heterocycles.